The summed E-state index contributed by atoms with van der Waals surface area (Å²) in [6.45, 7) is 5.02. The molecule has 2 amide bonds. The number of hydrogen-bond donors (Lipinski definition) is 2. The second kappa shape index (κ2) is 9.84. The lowest BCUT2D eigenvalue weighted by molar-refractivity contribution is 0.205. The highest BCUT2D eigenvalue weighted by molar-refractivity contribution is 5.99. The average molecular weight is 481 g/mol. The zero-order chi connectivity index (χ0) is 25.0. The smallest absolute Gasteiger partial charge is 0.326 e. The van der Waals surface area contributed by atoms with Crippen molar-refractivity contribution in [3.63, 3.8) is 0 Å². The number of hydrogen-bond acceptors (Lipinski definition) is 8. The second-order valence-corrected chi connectivity index (χ2v) is 7.89. The minimum atomic E-state index is -1.69. The van der Waals surface area contributed by atoms with Crippen molar-refractivity contribution < 1.29 is 27.9 Å². The van der Waals surface area contributed by atoms with Gasteiger partial charge >= 0.3 is 6.03 Å². The number of nitrogens with zero attached hydrogens (tertiary/aromatic N) is 3. The van der Waals surface area contributed by atoms with Gasteiger partial charge in [0.1, 0.15) is 17.8 Å². The maximum absolute atomic E-state index is 14.0. The molecule has 2 heterocycles. The van der Waals surface area contributed by atoms with Crippen molar-refractivity contribution in [3.05, 3.63) is 54.5 Å². The minimum absolute atomic E-state index is 0.0172. The molecule has 182 valence electrons. The Hall–Kier alpha value is -4.41. The minimum Gasteiger partial charge on any atom is -0.493 e. The molecule has 4 rings (SSSR count). The highest BCUT2D eigenvalue weighted by Gasteiger charge is 2.24. The Kier molecular flexibility index (Phi) is 6.67. The van der Waals surface area contributed by atoms with Crippen LogP contribution in [0.15, 0.2) is 53.3 Å². The van der Waals surface area contributed by atoms with Gasteiger partial charge in [0, 0.05) is 23.9 Å². The van der Waals surface area contributed by atoms with Crippen LogP contribution in [-0.2, 0) is 5.67 Å². The van der Waals surface area contributed by atoms with Gasteiger partial charge in [-0.15, -0.1) is 0 Å². The number of benzene rings is 2. The summed E-state index contributed by atoms with van der Waals surface area (Å²) in [6.07, 6.45) is 1.39. The number of ether oxygens (including phenoxy) is 3. The van der Waals surface area contributed by atoms with Crippen molar-refractivity contribution in [1.29, 1.82) is 0 Å². The van der Waals surface area contributed by atoms with Crippen LogP contribution < -0.4 is 24.8 Å². The molecule has 0 saturated carbocycles. The maximum atomic E-state index is 14.0. The summed E-state index contributed by atoms with van der Waals surface area (Å²) in [6, 6.07) is 11.0. The number of urea groups is 1. The van der Waals surface area contributed by atoms with Crippen LogP contribution in [0.4, 0.5) is 20.8 Å². The number of nitrogens with one attached hydrogen (secondary N) is 2. The first-order valence-corrected chi connectivity index (χ1v) is 10.7. The fraction of sp³-hybridized carbons (Fsp3) is 0.250. The number of rotatable bonds is 8. The van der Waals surface area contributed by atoms with Crippen LogP contribution in [0.5, 0.6) is 23.1 Å². The predicted molar refractivity (Wildman–Crippen MR) is 127 cm³/mol. The monoisotopic (exact) mass is 481 g/mol. The first-order valence-electron chi connectivity index (χ1n) is 10.7. The molecule has 0 saturated heterocycles. The van der Waals surface area contributed by atoms with Crippen LogP contribution in [0.2, 0.25) is 0 Å². The van der Waals surface area contributed by atoms with E-state index in [9.17, 15) is 9.18 Å². The first kappa shape index (κ1) is 23.7. The molecule has 0 spiro atoms. The van der Waals surface area contributed by atoms with E-state index in [1.54, 1.807) is 43.5 Å². The second-order valence-electron chi connectivity index (χ2n) is 7.89. The van der Waals surface area contributed by atoms with E-state index in [4.69, 9.17) is 18.7 Å². The van der Waals surface area contributed by atoms with E-state index in [0.717, 1.165) is 0 Å². The van der Waals surface area contributed by atoms with Gasteiger partial charge in [-0.3, -0.25) is 5.32 Å². The summed E-state index contributed by atoms with van der Waals surface area (Å²) < 4.78 is 35.9. The number of carbonyl (C=O) groups excluding carboxylic acids is 1. The highest BCUT2D eigenvalue weighted by Crippen LogP contribution is 2.36. The Morgan fingerprint density at radius 1 is 1.11 bits per heavy atom. The van der Waals surface area contributed by atoms with Crippen molar-refractivity contribution in [2.24, 2.45) is 0 Å². The Labute approximate surface area is 200 Å². The first-order chi connectivity index (χ1) is 16.8. The third-order valence-electron chi connectivity index (χ3n) is 4.85. The van der Waals surface area contributed by atoms with E-state index < -0.39 is 11.7 Å². The summed E-state index contributed by atoms with van der Waals surface area (Å²) in [5.41, 5.74) is -0.552. The largest absolute Gasteiger partial charge is 0.493 e. The van der Waals surface area contributed by atoms with Crippen LogP contribution in [0, 0.1) is 0 Å². The van der Waals surface area contributed by atoms with Crippen molar-refractivity contribution in [2.75, 3.05) is 24.4 Å². The van der Waals surface area contributed by atoms with Gasteiger partial charge in [-0.1, -0.05) is 11.2 Å². The third-order valence-corrected chi connectivity index (χ3v) is 4.85. The van der Waals surface area contributed by atoms with E-state index in [0.29, 0.717) is 46.3 Å². The topological polar surface area (TPSA) is 121 Å². The summed E-state index contributed by atoms with van der Waals surface area (Å²) in [5.74, 6) is 1.85. The van der Waals surface area contributed by atoms with E-state index in [1.807, 2.05) is 6.92 Å². The fourth-order valence-corrected chi connectivity index (χ4v) is 3.19. The summed E-state index contributed by atoms with van der Waals surface area (Å²) in [4.78, 5) is 20.9. The number of fused-ring (bicyclic) bond motifs is 1. The van der Waals surface area contributed by atoms with Crippen LogP contribution in [0.25, 0.3) is 10.9 Å². The molecule has 0 bridgehead atoms. The maximum Gasteiger partial charge on any atom is 0.326 e. The number of aromatic nitrogens is 3. The molecule has 0 fully saturated rings. The fourth-order valence-electron chi connectivity index (χ4n) is 3.19. The number of methoxy groups -OCH3 is 1. The Morgan fingerprint density at radius 3 is 2.66 bits per heavy atom. The van der Waals surface area contributed by atoms with E-state index in [-0.39, 0.29) is 11.6 Å². The van der Waals surface area contributed by atoms with E-state index in [1.165, 1.54) is 26.2 Å². The molecule has 2 aromatic carbocycles. The van der Waals surface area contributed by atoms with Crippen molar-refractivity contribution in [1.82, 2.24) is 15.1 Å². The lowest BCUT2D eigenvalue weighted by atomic mass is 10.1. The van der Waals surface area contributed by atoms with E-state index >= 15 is 0 Å². The molecule has 11 heteroatoms. The Bertz CT molecular complexity index is 1350. The zero-order valence-electron chi connectivity index (χ0n) is 19.6. The van der Waals surface area contributed by atoms with Gasteiger partial charge in [-0.25, -0.2) is 19.2 Å². The number of alkyl halides is 1. The van der Waals surface area contributed by atoms with Gasteiger partial charge in [0.05, 0.1) is 24.6 Å². The molecule has 0 aliphatic heterocycles. The highest BCUT2D eigenvalue weighted by atomic mass is 19.1. The lowest BCUT2D eigenvalue weighted by Crippen LogP contribution is -2.19. The Balaban J connectivity index is 1.51. The van der Waals surface area contributed by atoms with Gasteiger partial charge in [-0.2, -0.15) is 0 Å². The summed E-state index contributed by atoms with van der Waals surface area (Å²) >= 11 is 0. The van der Waals surface area contributed by atoms with Crippen molar-refractivity contribution in [2.45, 2.75) is 26.4 Å². The SMILES string of the molecule is CCOc1cc2c(Oc3cccc(NC(=O)Nc4cc(C(C)(C)F)no4)c3)ncnc2cc1OC. The van der Waals surface area contributed by atoms with E-state index in [2.05, 4.69) is 25.8 Å². The Morgan fingerprint density at radius 2 is 1.94 bits per heavy atom. The van der Waals surface area contributed by atoms with Gasteiger partial charge in [0.15, 0.2) is 17.2 Å². The molecule has 2 N–H and O–H groups in total. The molecule has 35 heavy (non-hydrogen) atoms. The standard InChI is InChI=1S/C24H24FN5O5/c1-5-33-19-10-16-17(11-18(19)32-4)26-13-27-22(16)34-15-8-6-7-14(9-15)28-23(31)29-21-12-20(30-35-21)24(2,3)25/h6-13H,5H2,1-4H3,(H2,28,29,31). The van der Waals surface area contributed by atoms with Crippen molar-refractivity contribution >= 4 is 28.5 Å². The number of halogens is 1. The summed E-state index contributed by atoms with van der Waals surface area (Å²) in [5, 5.41) is 9.38. The van der Waals surface area contributed by atoms with Crippen molar-refractivity contribution in [3.8, 4) is 23.1 Å². The summed E-state index contributed by atoms with van der Waals surface area (Å²) in [7, 11) is 1.56. The molecule has 0 unspecified atom stereocenters. The molecule has 0 aliphatic rings. The molecular formula is C24H24FN5O5. The van der Waals surface area contributed by atoms with Crippen LogP contribution in [0.1, 0.15) is 26.5 Å². The van der Waals surface area contributed by atoms with Gasteiger partial charge < -0.3 is 24.1 Å². The predicted octanol–water partition coefficient (Wildman–Crippen LogP) is 5.67. The van der Waals surface area contributed by atoms with Gasteiger partial charge in [-0.05, 0) is 39.0 Å². The quantitative estimate of drug-likeness (QED) is 0.330. The number of amides is 2. The normalized spacial score (nSPS) is 11.2. The van der Waals surface area contributed by atoms with Crippen LogP contribution in [-0.4, -0.2) is 34.9 Å². The average Bonchev–Trinajstić information content (AvgIpc) is 3.28. The molecule has 2 aromatic heterocycles. The molecule has 10 nitrogen and oxygen atoms in total. The van der Waals surface area contributed by atoms with Crippen LogP contribution >= 0.6 is 0 Å². The molecule has 4 aromatic rings. The lowest BCUT2D eigenvalue weighted by Gasteiger charge is -2.13. The zero-order valence-corrected chi connectivity index (χ0v) is 19.6. The number of carbonyl (C=O) groups is 1. The molecular weight excluding hydrogens is 457 g/mol. The molecule has 0 radical (unpaired) electrons. The van der Waals surface area contributed by atoms with Crippen LogP contribution in [0.3, 0.4) is 0 Å². The molecule has 0 atom stereocenters. The third kappa shape index (κ3) is 5.57. The number of anilines is 2. The van der Waals surface area contributed by atoms with Gasteiger partial charge in [0.25, 0.3) is 0 Å². The molecule has 0 aliphatic carbocycles. The van der Waals surface area contributed by atoms with Gasteiger partial charge in [0.2, 0.25) is 11.8 Å².